The molecular weight excluding hydrogens is 322 g/mol. The molecule has 0 bridgehead atoms. The quantitative estimate of drug-likeness (QED) is 0.790. The van der Waals surface area contributed by atoms with Gasteiger partial charge in [0.25, 0.3) is 0 Å². The molecule has 0 unspecified atom stereocenters. The van der Waals surface area contributed by atoms with Crippen LogP contribution in [-0.4, -0.2) is 29.8 Å². The summed E-state index contributed by atoms with van der Waals surface area (Å²) in [6.07, 6.45) is 1.43. The predicted molar refractivity (Wildman–Crippen MR) is 75.4 cm³/mol. The zero-order valence-corrected chi connectivity index (χ0v) is 11.8. The van der Waals surface area contributed by atoms with Gasteiger partial charge < -0.3 is 19.3 Å². The second-order valence-electron chi connectivity index (χ2n) is 3.48. The van der Waals surface area contributed by atoms with Gasteiger partial charge in [0.15, 0.2) is 11.5 Å². The van der Waals surface area contributed by atoms with Gasteiger partial charge in [-0.15, -0.1) is 0 Å². The number of aliphatic hydroxyl groups is 1. The summed E-state index contributed by atoms with van der Waals surface area (Å²) in [7, 11) is 0. The van der Waals surface area contributed by atoms with Crippen LogP contribution in [0, 0.1) is 0 Å². The van der Waals surface area contributed by atoms with Crippen molar-refractivity contribution < 1.29 is 13.9 Å². The fraction of sp³-hybridized carbons (Fsp3) is 0.364. The third-order valence-electron chi connectivity index (χ3n) is 2.18. The number of halogens is 1. The molecule has 0 saturated heterocycles. The Morgan fingerprint density at radius 3 is 3.00 bits per heavy atom. The van der Waals surface area contributed by atoms with E-state index in [1.165, 1.54) is 12.3 Å². The lowest BCUT2D eigenvalue weighted by atomic mass is 10.4. The first-order valence-electron chi connectivity index (χ1n) is 5.35. The van der Waals surface area contributed by atoms with Gasteiger partial charge in [-0.05, 0) is 15.9 Å². The summed E-state index contributed by atoms with van der Waals surface area (Å²) < 4.78 is 11.2. The molecule has 2 rings (SSSR count). The maximum absolute atomic E-state index is 11.7. The van der Waals surface area contributed by atoms with Crippen molar-refractivity contribution in [3.8, 4) is 0 Å². The van der Waals surface area contributed by atoms with Crippen molar-refractivity contribution in [3.05, 3.63) is 27.0 Å². The second kappa shape index (κ2) is 6.31. The van der Waals surface area contributed by atoms with Gasteiger partial charge in [-0.25, -0.2) is 0 Å². The zero-order valence-electron chi connectivity index (χ0n) is 9.44. The van der Waals surface area contributed by atoms with E-state index >= 15 is 0 Å². The van der Waals surface area contributed by atoms with Crippen LogP contribution in [0.5, 0.6) is 0 Å². The minimum atomic E-state index is -0.215. The van der Waals surface area contributed by atoms with E-state index in [-0.39, 0.29) is 17.6 Å². The summed E-state index contributed by atoms with van der Waals surface area (Å²) in [5.74, 6) is 1.95. The number of nitrogens with one attached hydrogen (secondary N) is 1. The molecule has 2 aromatic heterocycles. The standard InChI is InChI=1S/C11H12BrNO4S/c12-7-6-16-11-8(15)5-9(17-10(7)11)13-1-3-18-4-2-14/h5-6,13-14H,1-4H2. The van der Waals surface area contributed by atoms with Crippen molar-refractivity contribution in [2.45, 2.75) is 0 Å². The Hall–Kier alpha value is -0.920. The van der Waals surface area contributed by atoms with E-state index in [0.29, 0.717) is 28.2 Å². The van der Waals surface area contributed by atoms with Crippen LogP contribution < -0.4 is 10.7 Å². The Kier molecular flexibility index (Phi) is 4.73. The number of hydrogen-bond acceptors (Lipinski definition) is 6. The van der Waals surface area contributed by atoms with E-state index in [9.17, 15) is 4.79 Å². The van der Waals surface area contributed by atoms with Crippen LogP contribution in [-0.2, 0) is 0 Å². The van der Waals surface area contributed by atoms with Crippen LogP contribution >= 0.6 is 27.7 Å². The molecule has 2 aromatic rings. The van der Waals surface area contributed by atoms with Crippen molar-refractivity contribution in [3.63, 3.8) is 0 Å². The fourth-order valence-electron chi connectivity index (χ4n) is 1.42. The van der Waals surface area contributed by atoms with Crippen LogP contribution in [0.2, 0.25) is 0 Å². The number of furan rings is 1. The summed E-state index contributed by atoms with van der Waals surface area (Å²) >= 11 is 4.88. The highest BCUT2D eigenvalue weighted by molar-refractivity contribution is 9.10. The lowest BCUT2D eigenvalue weighted by molar-refractivity contribution is 0.322. The van der Waals surface area contributed by atoms with Crippen molar-refractivity contribution >= 4 is 44.7 Å². The van der Waals surface area contributed by atoms with Crippen molar-refractivity contribution in [2.75, 3.05) is 30.0 Å². The molecular formula is C11H12BrNO4S. The molecule has 18 heavy (non-hydrogen) atoms. The van der Waals surface area contributed by atoms with E-state index < -0.39 is 0 Å². The summed E-state index contributed by atoms with van der Waals surface area (Å²) in [6, 6.07) is 1.37. The summed E-state index contributed by atoms with van der Waals surface area (Å²) in [6.45, 7) is 0.836. The van der Waals surface area contributed by atoms with Gasteiger partial charge in [0, 0.05) is 24.1 Å². The van der Waals surface area contributed by atoms with Gasteiger partial charge in [-0.2, -0.15) is 11.8 Å². The van der Waals surface area contributed by atoms with Crippen molar-refractivity contribution in [1.82, 2.24) is 0 Å². The van der Waals surface area contributed by atoms with E-state index in [1.807, 2.05) is 0 Å². The highest BCUT2D eigenvalue weighted by Crippen LogP contribution is 2.25. The minimum Gasteiger partial charge on any atom is -0.456 e. The van der Waals surface area contributed by atoms with Crippen molar-refractivity contribution in [2.24, 2.45) is 0 Å². The molecule has 0 fully saturated rings. The first kappa shape index (κ1) is 13.5. The number of aliphatic hydroxyl groups excluding tert-OH is 1. The molecule has 7 heteroatoms. The molecule has 98 valence electrons. The van der Waals surface area contributed by atoms with Crippen LogP contribution in [0.4, 0.5) is 5.88 Å². The topological polar surface area (TPSA) is 75.6 Å². The second-order valence-corrected chi connectivity index (χ2v) is 5.56. The van der Waals surface area contributed by atoms with E-state index in [4.69, 9.17) is 13.9 Å². The summed E-state index contributed by atoms with van der Waals surface area (Å²) in [5.41, 5.74) is 0.405. The average Bonchev–Trinajstić information content (AvgIpc) is 2.72. The Morgan fingerprint density at radius 1 is 1.39 bits per heavy atom. The third-order valence-corrected chi connectivity index (χ3v) is 3.69. The number of thioether (sulfide) groups is 1. The SMILES string of the molecule is O=c1cc(NCCSCCO)oc2c(Br)coc12. The molecule has 2 heterocycles. The van der Waals surface area contributed by atoms with E-state index in [0.717, 1.165) is 5.75 Å². The van der Waals surface area contributed by atoms with Gasteiger partial charge in [0.2, 0.25) is 11.0 Å². The average molecular weight is 334 g/mol. The highest BCUT2D eigenvalue weighted by atomic mass is 79.9. The molecule has 0 amide bonds. The molecule has 0 aliphatic heterocycles. The lowest BCUT2D eigenvalue weighted by Crippen LogP contribution is -2.08. The maximum Gasteiger partial charge on any atom is 0.230 e. The molecule has 0 atom stereocenters. The smallest absolute Gasteiger partial charge is 0.230 e. The van der Waals surface area contributed by atoms with Gasteiger partial charge in [0.05, 0.1) is 11.1 Å². The van der Waals surface area contributed by atoms with Crippen molar-refractivity contribution in [1.29, 1.82) is 0 Å². The lowest BCUT2D eigenvalue weighted by Gasteiger charge is -2.04. The molecule has 5 nitrogen and oxygen atoms in total. The zero-order chi connectivity index (χ0) is 13.0. The highest BCUT2D eigenvalue weighted by Gasteiger charge is 2.11. The first-order valence-corrected chi connectivity index (χ1v) is 7.30. The number of hydrogen-bond donors (Lipinski definition) is 2. The monoisotopic (exact) mass is 333 g/mol. The molecule has 0 aromatic carbocycles. The maximum atomic E-state index is 11.7. The molecule has 0 saturated carbocycles. The van der Waals surface area contributed by atoms with Crippen LogP contribution in [0.1, 0.15) is 0 Å². The molecule has 0 aliphatic carbocycles. The fourth-order valence-corrected chi connectivity index (χ4v) is 2.35. The largest absolute Gasteiger partial charge is 0.456 e. The van der Waals surface area contributed by atoms with Gasteiger partial charge in [0.1, 0.15) is 6.26 Å². The molecule has 2 N–H and O–H groups in total. The van der Waals surface area contributed by atoms with Gasteiger partial charge in [-0.3, -0.25) is 4.79 Å². The van der Waals surface area contributed by atoms with Crippen LogP contribution in [0.3, 0.4) is 0 Å². The molecule has 0 spiro atoms. The normalized spacial score (nSPS) is 11.0. The Bertz CT molecular complexity index is 580. The van der Waals surface area contributed by atoms with Gasteiger partial charge in [-0.1, -0.05) is 0 Å². The number of fused-ring (bicyclic) bond motifs is 1. The van der Waals surface area contributed by atoms with E-state index in [2.05, 4.69) is 21.2 Å². The number of rotatable bonds is 6. The first-order chi connectivity index (χ1) is 8.72. The van der Waals surface area contributed by atoms with Crippen LogP contribution in [0.15, 0.2) is 30.4 Å². The third kappa shape index (κ3) is 3.09. The summed E-state index contributed by atoms with van der Waals surface area (Å²) in [5, 5.41) is 11.6. The summed E-state index contributed by atoms with van der Waals surface area (Å²) in [4.78, 5) is 11.7. The predicted octanol–water partition coefficient (Wildman–Crippen LogP) is 2.29. The van der Waals surface area contributed by atoms with E-state index in [1.54, 1.807) is 11.8 Å². The Labute approximate surface area is 116 Å². The molecule has 0 radical (unpaired) electrons. The Morgan fingerprint density at radius 2 is 2.22 bits per heavy atom. The molecule has 0 aliphatic rings. The number of anilines is 1. The van der Waals surface area contributed by atoms with Crippen LogP contribution in [0.25, 0.3) is 11.2 Å². The minimum absolute atomic E-state index is 0.174. The van der Waals surface area contributed by atoms with Gasteiger partial charge >= 0.3 is 0 Å². The Balaban J connectivity index is 2.05.